The third kappa shape index (κ3) is 6.35. The first-order chi connectivity index (χ1) is 25.3. The van der Waals surface area contributed by atoms with Crippen LogP contribution in [0.5, 0.6) is 0 Å². The second-order valence-corrected chi connectivity index (χ2v) is 23.1. The summed E-state index contributed by atoms with van der Waals surface area (Å²) in [5.74, 6) is 1.47. The molecule has 0 radical (unpaired) electrons. The summed E-state index contributed by atoms with van der Waals surface area (Å²) in [6, 6.07) is 0. The van der Waals surface area contributed by atoms with Crippen molar-refractivity contribution < 1.29 is 33.8 Å². The summed E-state index contributed by atoms with van der Waals surface area (Å²) in [7, 11) is 0. The summed E-state index contributed by atoms with van der Waals surface area (Å²) in [5, 5.41) is 9.64. The minimum atomic E-state index is -1.15. The van der Waals surface area contributed by atoms with Gasteiger partial charge in [-0.15, -0.1) is 0 Å². The molecule has 310 valence electrons. The van der Waals surface area contributed by atoms with Crippen molar-refractivity contribution in [2.45, 2.75) is 171 Å². The number of ether oxygens (including phenoxy) is 2. The second kappa shape index (κ2) is 13.1. The third-order valence-corrected chi connectivity index (χ3v) is 18.4. The molecule has 9 nitrogen and oxygen atoms in total. The van der Waals surface area contributed by atoms with Gasteiger partial charge in [0.15, 0.2) is 0 Å². The van der Waals surface area contributed by atoms with Crippen LogP contribution in [0.2, 0.25) is 0 Å². The van der Waals surface area contributed by atoms with Gasteiger partial charge < -0.3 is 24.4 Å². The van der Waals surface area contributed by atoms with Gasteiger partial charge in [-0.3, -0.25) is 14.4 Å². The van der Waals surface area contributed by atoms with Crippen molar-refractivity contribution in [3.63, 3.8) is 0 Å². The third-order valence-electron chi connectivity index (χ3n) is 18.4. The number of rotatable bonds is 6. The van der Waals surface area contributed by atoms with Crippen LogP contribution in [0.3, 0.4) is 0 Å². The minimum absolute atomic E-state index is 0.115. The van der Waals surface area contributed by atoms with E-state index in [1.807, 2.05) is 20.8 Å². The molecule has 2 amide bonds. The number of nitrogens with zero attached hydrogens (tertiary/aromatic N) is 2. The Hall–Kier alpha value is -2.32. The number of amides is 2. The van der Waals surface area contributed by atoms with Crippen LogP contribution >= 0.6 is 0 Å². The predicted molar refractivity (Wildman–Crippen MR) is 212 cm³/mol. The minimum Gasteiger partial charge on any atom is -0.481 e. The first kappa shape index (κ1) is 40.9. The molecular weight excluding hydrogens is 693 g/mol. The van der Waals surface area contributed by atoms with Gasteiger partial charge in [-0.25, -0.2) is 4.79 Å². The highest BCUT2D eigenvalue weighted by Gasteiger charge is 2.74. The number of hydrogen-bond acceptors (Lipinski definition) is 6. The molecule has 0 bridgehead atoms. The number of fused-ring (bicyclic) bond motifs is 7. The van der Waals surface area contributed by atoms with Gasteiger partial charge in [0, 0.05) is 31.6 Å². The Labute approximate surface area is 331 Å². The summed E-state index contributed by atoms with van der Waals surface area (Å²) in [6.45, 7) is 26.1. The van der Waals surface area contributed by atoms with Gasteiger partial charge in [0.05, 0.1) is 17.3 Å². The molecule has 10 atom stereocenters. The maximum absolute atomic E-state index is 15.1. The topological polar surface area (TPSA) is 113 Å². The molecule has 1 saturated heterocycles. The largest absolute Gasteiger partial charge is 0.481 e. The molecule has 1 N–H and O–H groups in total. The standard InChI is InChI=1S/C46H74N2O7/c1-39(2,3)55-38(53)48-26-24-47(25-27-48)36(50)46-19-14-29(42(8)20-21-42)35(46)30-12-13-32-43(9)17-16-33(54-34(49)28-40(4,5)37(51)52)41(6,7)31(43)15-18-45(32,11)44(30,10)22-23-46/h29-33,35H,12-28H2,1-11H3,(H,51,52). The lowest BCUT2D eigenvalue weighted by Gasteiger charge is -2.73. The number of hydrogen-bond donors (Lipinski definition) is 1. The molecule has 0 aromatic heterocycles. The molecule has 7 aliphatic rings. The van der Waals surface area contributed by atoms with Crippen LogP contribution in [0.25, 0.3) is 0 Å². The van der Waals surface area contributed by atoms with Crippen molar-refractivity contribution in [1.82, 2.24) is 9.80 Å². The van der Waals surface area contributed by atoms with E-state index in [-0.39, 0.29) is 45.7 Å². The van der Waals surface area contributed by atoms with Crippen LogP contribution in [0.4, 0.5) is 4.79 Å². The lowest BCUT2D eigenvalue weighted by atomic mass is 9.32. The Morgan fingerprint density at radius 3 is 1.91 bits per heavy atom. The normalized spacial score (nSPS) is 41.9. The van der Waals surface area contributed by atoms with Gasteiger partial charge in [-0.1, -0.05) is 41.5 Å². The van der Waals surface area contributed by atoms with Crippen LogP contribution in [-0.2, 0) is 23.9 Å². The molecular formula is C46H74N2O7. The molecule has 7 rings (SSSR count). The predicted octanol–water partition coefficient (Wildman–Crippen LogP) is 9.36. The first-order valence-electron chi connectivity index (χ1n) is 22.0. The van der Waals surface area contributed by atoms with Crippen LogP contribution in [0, 0.1) is 67.5 Å². The Morgan fingerprint density at radius 2 is 1.31 bits per heavy atom. The van der Waals surface area contributed by atoms with E-state index in [4.69, 9.17) is 9.47 Å². The SMILES string of the molecule is CC(C)(C)OC(=O)N1CCN(C(=O)C23CCC(C4(C)CC4)C2C2CCC4C5(C)CCC(OC(=O)CC(C)(C)C(=O)O)C(C)(C)C5CCC4(C)C2(C)CC3)CC1. The molecule has 0 aromatic rings. The van der Waals surface area contributed by atoms with Crippen molar-refractivity contribution in [2.75, 3.05) is 26.2 Å². The Balaban J connectivity index is 1.12. The lowest BCUT2D eigenvalue weighted by molar-refractivity contribution is -0.251. The fourth-order valence-electron chi connectivity index (χ4n) is 14.9. The van der Waals surface area contributed by atoms with Crippen molar-refractivity contribution in [1.29, 1.82) is 0 Å². The van der Waals surface area contributed by atoms with Gasteiger partial charge in [0.25, 0.3) is 0 Å². The van der Waals surface area contributed by atoms with E-state index in [1.165, 1.54) is 25.7 Å². The number of aliphatic carboxylic acids is 1. The van der Waals surface area contributed by atoms with Gasteiger partial charge in [-0.05, 0) is 163 Å². The van der Waals surface area contributed by atoms with Crippen molar-refractivity contribution in [2.24, 2.45) is 67.5 Å². The molecule has 0 aromatic carbocycles. The first-order valence-corrected chi connectivity index (χ1v) is 22.0. The highest BCUT2D eigenvalue weighted by atomic mass is 16.6. The zero-order valence-electron chi connectivity index (χ0n) is 36.3. The fourth-order valence-corrected chi connectivity index (χ4v) is 14.9. The fraction of sp³-hybridized carbons (Fsp3) is 0.913. The van der Waals surface area contributed by atoms with Crippen molar-refractivity contribution in [3.05, 3.63) is 0 Å². The van der Waals surface area contributed by atoms with Crippen LogP contribution < -0.4 is 0 Å². The van der Waals surface area contributed by atoms with Gasteiger partial charge >= 0.3 is 18.0 Å². The summed E-state index contributed by atoms with van der Waals surface area (Å²) in [4.78, 5) is 56.9. The highest BCUT2D eigenvalue weighted by molar-refractivity contribution is 5.84. The van der Waals surface area contributed by atoms with Crippen molar-refractivity contribution in [3.8, 4) is 0 Å². The van der Waals surface area contributed by atoms with E-state index in [2.05, 4.69) is 46.4 Å². The summed E-state index contributed by atoms with van der Waals surface area (Å²) in [6.07, 6.45) is 12.6. The molecule has 7 fully saturated rings. The highest BCUT2D eigenvalue weighted by Crippen LogP contribution is 2.79. The van der Waals surface area contributed by atoms with Gasteiger partial charge in [-0.2, -0.15) is 0 Å². The second-order valence-electron chi connectivity index (χ2n) is 23.1. The quantitative estimate of drug-likeness (QED) is 0.268. The summed E-state index contributed by atoms with van der Waals surface area (Å²) in [5.41, 5.74) is -1.47. The van der Waals surface area contributed by atoms with E-state index >= 15 is 4.79 Å². The van der Waals surface area contributed by atoms with Crippen LogP contribution in [-0.4, -0.2) is 76.7 Å². The average molecular weight is 767 g/mol. The average Bonchev–Trinajstić information content (AvgIpc) is 3.70. The lowest BCUT2D eigenvalue weighted by Crippen LogP contribution is -2.68. The number of esters is 1. The van der Waals surface area contributed by atoms with E-state index in [1.54, 1.807) is 18.7 Å². The number of carbonyl (C=O) groups excluding carboxylic acids is 3. The molecule has 55 heavy (non-hydrogen) atoms. The van der Waals surface area contributed by atoms with E-state index in [9.17, 15) is 19.5 Å². The Morgan fingerprint density at radius 1 is 0.673 bits per heavy atom. The maximum atomic E-state index is 15.1. The Bertz CT molecular complexity index is 1570. The maximum Gasteiger partial charge on any atom is 0.410 e. The monoisotopic (exact) mass is 767 g/mol. The zero-order valence-corrected chi connectivity index (χ0v) is 36.3. The van der Waals surface area contributed by atoms with E-state index in [0.717, 1.165) is 51.4 Å². The van der Waals surface area contributed by atoms with Gasteiger partial charge in [0.2, 0.25) is 5.91 Å². The summed E-state index contributed by atoms with van der Waals surface area (Å²) >= 11 is 0. The number of carboxylic acids is 1. The molecule has 6 aliphatic carbocycles. The Kier molecular flexibility index (Phi) is 9.73. The number of piperazine rings is 1. The molecule has 6 saturated carbocycles. The molecule has 0 spiro atoms. The number of carboxylic acid groups (broad SMARTS) is 1. The molecule has 9 heteroatoms. The van der Waals surface area contributed by atoms with Crippen LogP contribution in [0.1, 0.15) is 160 Å². The molecule has 1 heterocycles. The van der Waals surface area contributed by atoms with E-state index < -0.39 is 23.0 Å². The summed E-state index contributed by atoms with van der Waals surface area (Å²) < 4.78 is 11.9. The zero-order chi connectivity index (χ0) is 40.4. The number of carbonyl (C=O) groups is 4. The molecule has 1 aliphatic heterocycles. The van der Waals surface area contributed by atoms with Crippen LogP contribution in [0.15, 0.2) is 0 Å². The van der Waals surface area contributed by atoms with Gasteiger partial charge in [0.1, 0.15) is 11.7 Å². The molecule has 10 unspecified atom stereocenters. The van der Waals surface area contributed by atoms with E-state index in [0.29, 0.717) is 67.1 Å². The van der Waals surface area contributed by atoms with Crippen molar-refractivity contribution >= 4 is 23.9 Å². The smallest absolute Gasteiger partial charge is 0.410 e.